The standard InChI is InChI=1S/C26H23ClFNO6/c1-33-24(12-15-2-6-17(28)7-3-15)29-25(30)16-4-8-18(9-5-16)35-23-14-22-20(13-21(23)27)19(26(31)32)10-11-34-22/h2-9,13-14,19,24H,10-12H2,1H3,(H,29,30)(H,31,32). The third kappa shape index (κ3) is 5.90. The van der Waals surface area contributed by atoms with Crippen molar-refractivity contribution in [1.29, 1.82) is 0 Å². The zero-order valence-corrected chi connectivity index (χ0v) is 19.5. The largest absolute Gasteiger partial charge is 0.493 e. The molecular weight excluding hydrogens is 477 g/mol. The highest BCUT2D eigenvalue weighted by Gasteiger charge is 2.29. The van der Waals surface area contributed by atoms with E-state index in [1.807, 2.05) is 0 Å². The van der Waals surface area contributed by atoms with Gasteiger partial charge >= 0.3 is 5.97 Å². The summed E-state index contributed by atoms with van der Waals surface area (Å²) >= 11 is 6.34. The van der Waals surface area contributed by atoms with Crippen LogP contribution in [0.15, 0.2) is 60.7 Å². The van der Waals surface area contributed by atoms with Crippen LogP contribution in [0.25, 0.3) is 0 Å². The van der Waals surface area contributed by atoms with Crippen LogP contribution < -0.4 is 14.8 Å². The Morgan fingerprint density at radius 1 is 1.17 bits per heavy atom. The first-order valence-electron chi connectivity index (χ1n) is 10.9. The van der Waals surface area contributed by atoms with Gasteiger partial charge in [-0.3, -0.25) is 9.59 Å². The van der Waals surface area contributed by atoms with Gasteiger partial charge in [-0.2, -0.15) is 0 Å². The molecule has 2 N–H and O–H groups in total. The molecule has 4 rings (SSSR count). The smallest absolute Gasteiger partial charge is 0.311 e. The molecule has 0 aromatic heterocycles. The Balaban J connectivity index is 1.42. The maximum atomic E-state index is 13.1. The molecule has 0 saturated carbocycles. The van der Waals surface area contributed by atoms with Crippen LogP contribution in [0.1, 0.15) is 33.8 Å². The second-order valence-electron chi connectivity index (χ2n) is 8.00. The number of amides is 1. The molecule has 0 fully saturated rings. The fourth-order valence-corrected chi connectivity index (χ4v) is 3.99. The van der Waals surface area contributed by atoms with E-state index in [0.717, 1.165) is 5.56 Å². The molecule has 7 nitrogen and oxygen atoms in total. The van der Waals surface area contributed by atoms with E-state index in [9.17, 15) is 19.1 Å². The van der Waals surface area contributed by atoms with Crippen LogP contribution in [-0.4, -0.2) is 36.9 Å². The van der Waals surface area contributed by atoms with Gasteiger partial charge in [-0.1, -0.05) is 23.7 Å². The summed E-state index contributed by atoms with van der Waals surface area (Å²) in [6.07, 6.45) is 0.162. The summed E-state index contributed by atoms with van der Waals surface area (Å²) in [4.78, 5) is 24.1. The average molecular weight is 500 g/mol. The van der Waals surface area contributed by atoms with Crippen LogP contribution in [0.4, 0.5) is 4.39 Å². The first kappa shape index (κ1) is 24.5. The van der Waals surface area contributed by atoms with Gasteiger partial charge in [0.1, 0.15) is 29.3 Å². The van der Waals surface area contributed by atoms with E-state index in [4.69, 9.17) is 25.8 Å². The molecule has 3 aromatic carbocycles. The van der Waals surface area contributed by atoms with Crippen LogP contribution in [-0.2, 0) is 16.0 Å². The van der Waals surface area contributed by atoms with Gasteiger partial charge in [0.25, 0.3) is 5.91 Å². The second-order valence-corrected chi connectivity index (χ2v) is 8.41. The lowest BCUT2D eigenvalue weighted by Crippen LogP contribution is -2.37. The molecule has 182 valence electrons. The van der Waals surface area contributed by atoms with Crippen molar-refractivity contribution in [3.05, 3.63) is 88.2 Å². The van der Waals surface area contributed by atoms with Gasteiger partial charge in [0, 0.05) is 30.7 Å². The van der Waals surface area contributed by atoms with E-state index in [-0.39, 0.29) is 16.7 Å². The van der Waals surface area contributed by atoms with Gasteiger partial charge in [-0.25, -0.2) is 4.39 Å². The van der Waals surface area contributed by atoms with Crippen molar-refractivity contribution in [2.45, 2.75) is 25.0 Å². The molecule has 2 unspecified atom stereocenters. The predicted molar refractivity (Wildman–Crippen MR) is 127 cm³/mol. The highest BCUT2D eigenvalue weighted by molar-refractivity contribution is 6.32. The van der Waals surface area contributed by atoms with Crippen molar-refractivity contribution in [2.24, 2.45) is 0 Å². The number of carbonyl (C=O) groups excluding carboxylic acids is 1. The molecule has 0 spiro atoms. The van der Waals surface area contributed by atoms with Crippen molar-refractivity contribution >= 4 is 23.5 Å². The molecule has 35 heavy (non-hydrogen) atoms. The Bertz CT molecular complexity index is 1220. The van der Waals surface area contributed by atoms with Crippen LogP contribution in [0.5, 0.6) is 17.2 Å². The highest BCUT2D eigenvalue weighted by Crippen LogP contribution is 2.41. The third-order valence-electron chi connectivity index (χ3n) is 5.66. The molecule has 3 aromatic rings. The van der Waals surface area contributed by atoms with Crippen LogP contribution in [0.3, 0.4) is 0 Å². The Hall–Kier alpha value is -3.62. The maximum absolute atomic E-state index is 13.1. The lowest BCUT2D eigenvalue weighted by molar-refractivity contribution is -0.139. The Morgan fingerprint density at radius 2 is 1.89 bits per heavy atom. The average Bonchev–Trinajstić information content (AvgIpc) is 2.85. The number of rotatable bonds is 8. The third-order valence-corrected chi connectivity index (χ3v) is 5.95. The second kappa shape index (κ2) is 10.8. The SMILES string of the molecule is COC(Cc1ccc(F)cc1)NC(=O)c1ccc(Oc2cc3c(cc2Cl)C(C(=O)O)CCO3)cc1. The minimum Gasteiger partial charge on any atom is -0.493 e. The molecule has 0 radical (unpaired) electrons. The number of halogens is 2. The predicted octanol–water partition coefficient (Wildman–Crippen LogP) is 5.17. The number of hydrogen-bond donors (Lipinski definition) is 2. The molecule has 9 heteroatoms. The van der Waals surface area contributed by atoms with E-state index >= 15 is 0 Å². The minimum absolute atomic E-state index is 0.256. The van der Waals surface area contributed by atoms with Crippen molar-refractivity contribution < 1.29 is 33.3 Å². The summed E-state index contributed by atoms with van der Waals surface area (Å²) in [5.41, 5.74) is 1.73. The molecular formula is C26H23ClFNO6. The van der Waals surface area contributed by atoms with Gasteiger partial charge in [-0.15, -0.1) is 0 Å². The summed E-state index contributed by atoms with van der Waals surface area (Å²) in [6.45, 7) is 0.290. The Labute approximate surface area is 206 Å². The number of nitrogens with one attached hydrogen (secondary N) is 1. The summed E-state index contributed by atoms with van der Waals surface area (Å²) in [5.74, 6) is -1.11. The topological polar surface area (TPSA) is 94.1 Å². The van der Waals surface area contributed by atoms with Crippen LogP contribution in [0.2, 0.25) is 5.02 Å². The molecule has 0 aliphatic carbocycles. The number of carboxylic acids is 1. The summed E-state index contributed by atoms with van der Waals surface area (Å²) in [7, 11) is 1.48. The first-order valence-corrected chi connectivity index (χ1v) is 11.3. The zero-order valence-electron chi connectivity index (χ0n) is 18.8. The van der Waals surface area contributed by atoms with Crippen molar-refractivity contribution in [3.8, 4) is 17.2 Å². The van der Waals surface area contributed by atoms with E-state index < -0.39 is 18.1 Å². The molecule has 1 aliphatic heterocycles. The van der Waals surface area contributed by atoms with E-state index in [1.54, 1.807) is 48.5 Å². The first-order chi connectivity index (χ1) is 16.8. The maximum Gasteiger partial charge on any atom is 0.311 e. The minimum atomic E-state index is -0.929. The Kier molecular flexibility index (Phi) is 7.53. The number of fused-ring (bicyclic) bond motifs is 1. The highest BCUT2D eigenvalue weighted by atomic mass is 35.5. The zero-order chi connectivity index (χ0) is 24.9. The summed E-state index contributed by atoms with van der Waals surface area (Å²) in [6, 6.07) is 15.5. The van der Waals surface area contributed by atoms with Crippen LogP contribution >= 0.6 is 11.6 Å². The van der Waals surface area contributed by atoms with Crippen LogP contribution in [0, 0.1) is 5.82 Å². The number of carbonyl (C=O) groups is 2. The molecule has 0 bridgehead atoms. The number of aliphatic carboxylic acids is 1. The molecule has 1 amide bonds. The number of methoxy groups -OCH3 is 1. The van der Waals surface area contributed by atoms with Crippen molar-refractivity contribution in [2.75, 3.05) is 13.7 Å². The van der Waals surface area contributed by atoms with Gasteiger partial charge in [0.2, 0.25) is 0 Å². The van der Waals surface area contributed by atoms with Gasteiger partial charge in [0.05, 0.1) is 17.5 Å². The quantitative estimate of drug-likeness (QED) is 0.415. The lowest BCUT2D eigenvalue weighted by Gasteiger charge is -2.24. The number of hydrogen-bond acceptors (Lipinski definition) is 5. The summed E-state index contributed by atoms with van der Waals surface area (Å²) in [5, 5.41) is 12.5. The fraction of sp³-hybridized carbons (Fsp3) is 0.231. The molecule has 1 heterocycles. The number of carboxylic acid groups (broad SMARTS) is 1. The molecule has 2 atom stereocenters. The van der Waals surface area contributed by atoms with Gasteiger partial charge < -0.3 is 24.6 Å². The van der Waals surface area contributed by atoms with E-state index in [2.05, 4.69) is 5.32 Å². The van der Waals surface area contributed by atoms with Gasteiger partial charge in [-0.05, 0) is 54.4 Å². The summed E-state index contributed by atoms with van der Waals surface area (Å²) < 4.78 is 29.9. The van der Waals surface area contributed by atoms with E-state index in [1.165, 1.54) is 19.2 Å². The lowest BCUT2D eigenvalue weighted by atomic mass is 9.93. The van der Waals surface area contributed by atoms with Gasteiger partial charge in [0.15, 0.2) is 0 Å². The Morgan fingerprint density at radius 3 is 2.54 bits per heavy atom. The van der Waals surface area contributed by atoms with E-state index in [0.29, 0.717) is 47.8 Å². The normalized spacial score (nSPS) is 15.5. The number of benzene rings is 3. The van der Waals surface area contributed by atoms with Crippen molar-refractivity contribution in [1.82, 2.24) is 5.32 Å². The molecule has 1 aliphatic rings. The fourth-order valence-electron chi connectivity index (χ4n) is 3.78. The van der Waals surface area contributed by atoms with Crippen molar-refractivity contribution in [3.63, 3.8) is 0 Å². The molecule has 0 saturated heterocycles. The monoisotopic (exact) mass is 499 g/mol. The number of ether oxygens (including phenoxy) is 3.